The molecule has 0 aliphatic heterocycles. The molecule has 0 radical (unpaired) electrons. The van der Waals surface area contributed by atoms with Crippen molar-refractivity contribution in [3.63, 3.8) is 0 Å². The number of alkyl halides is 3. The van der Waals surface area contributed by atoms with Crippen LogP contribution >= 0.6 is 34.8 Å². The van der Waals surface area contributed by atoms with E-state index in [1.165, 1.54) is 0 Å². The number of carbonyl (C=O) groups excluding carboxylic acids is 2. The topological polar surface area (TPSA) is 55.4 Å². The Morgan fingerprint density at radius 2 is 1.86 bits per heavy atom. The van der Waals surface area contributed by atoms with Crippen molar-refractivity contribution in [1.29, 1.82) is 0 Å². The highest BCUT2D eigenvalue weighted by Gasteiger charge is 2.36. The Bertz CT molecular complexity index is 483. The number of ether oxygens (including phenoxy) is 1. The first-order valence-corrected chi connectivity index (χ1v) is 7.43. The van der Waals surface area contributed by atoms with Crippen LogP contribution in [0.5, 0.6) is 5.75 Å². The zero-order valence-corrected chi connectivity index (χ0v) is 13.9. The van der Waals surface area contributed by atoms with Gasteiger partial charge in [-0.25, -0.2) is 0 Å². The Kier molecular flexibility index (Phi) is 6.78. The number of rotatable bonds is 6. The third kappa shape index (κ3) is 6.55. The van der Waals surface area contributed by atoms with E-state index >= 15 is 0 Å². The maximum atomic E-state index is 11.8. The molecular formula is C14H16Cl3NO3. The van der Waals surface area contributed by atoms with E-state index in [9.17, 15) is 9.59 Å². The van der Waals surface area contributed by atoms with Gasteiger partial charge in [-0.05, 0) is 30.2 Å². The van der Waals surface area contributed by atoms with E-state index in [1.54, 1.807) is 24.3 Å². The van der Waals surface area contributed by atoms with Crippen LogP contribution in [0.3, 0.4) is 0 Å². The molecule has 0 aromatic heterocycles. The lowest BCUT2D eigenvalue weighted by Crippen LogP contribution is -2.48. The van der Waals surface area contributed by atoms with Crippen molar-refractivity contribution in [3.05, 3.63) is 29.8 Å². The molecule has 0 bridgehead atoms. The Labute approximate surface area is 138 Å². The van der Waals surface area contributed by atoms with E-state index in [1.807, 2.05) is 13.8 Å². The highest BCUT2D eigenvalue weighted by Crippen LogP contribution is 2.32. The summed E-state index contributed by atoms with van der Waals surface area (Å²) in [5.74, 6) is 0.278. The van der Waals surface area contributed by atoms with Gasteiger partial charge in [-0.3, -0.25) is 9.59 Å². The van der Waals surface area contributed by atoms with Crippen molar-refractivity contribution in [2.24, 2.45) is 5.92 Å². The fourth-order valence-corrected chi connectivity index (χ4v) is 1.81. The normalized spacial score (nSPS) is 12.9. The lowest BCUT2D eigenvalue weighted by molar-refractivity contribution is -0.124. The van der Waals surface area contributed by atoms with Crippen LogP contribution in [0.1, 0.15) is 30.6 Å². The van der Waals surface area contributed by atoms with Crippen molar-refractivity contribution >= 4 is 47.0 Å². The number of aldehydes is 1. The number of benzene rings is 1. The molecule has 21 heavy (non-hydrogen) atoms. The van der Waals surface area contributed by atoms with Crippen molar-refractivity contribution in [1.82, 2.24) is 5.32 Å². The van der Waals surface area contributed by atoms with Crippen molar-refractivity contribution < 1.29 is 14.3 Å². The molecule has 0 saturated heterocycles. The highest BCUT2D eigenvalue weighted by molar-refractivity contribution is 6.68. The summed E-state index contributed by atoms with van der Waals surface area (Å²) in [6.45, 7) is 3.81. The minimum Gasteiger partial charge on any atom is -0.466 e. The van der Waals surface area contributed by atoms with Crippen LogP contribution in [0.4, 0.5) is 0 Å². The second-order valence-corrected chi connectivity index (χ2v) is 7.26. The first-order valence-electron chi connectivity index (χ1n) is 6.30. The summed E-state index contributed by atoms with van der Waals surface area (Å²) >= 11 is 17.5. The minimum atomic E-state index is -1.82. The Morgan fingerprint density at radius 1 is 1.29 bits per heavy atom. The second kappa shape index (κ2) is 7.87. The fraction of sp³-hybridized carbons (Fsp3) is 0.429. The molecule has 116 valence electrons. The van der Waals surface area contributed by atoms with Crippen LogP contribution in [0, 0.1) is 5.92 Å². The smallest absolute Gasteiger partial charge is 0.246 e. The van der Waals surface area contributed by atoms with Gasteiger partial charge in [0.2, 0.25) is 15.9 Å². The molecule has 4 nitrogen and oxygen atoms in total. The van der Waals surface area contributed by atoms with Gasteiger partial charge in [0.1, 0.15) is 12.0 Å². The average molecular weight is 353 g/mol. The molecular weight excluding hydrogens is 337 g/mol. The van der Waals surface area contributed by atoms with E-state index in [0.717, 1.165) is 0 Å². The van der Waals surface area contributed by atoms with Gasteiger partial charge in [-0.15, -0.1) is 0 Å². The number of nitrogens with one attached hydrogen (secondary N) is 1. The van der Waals surface area contributed by atoms with E-state index in [2.05, 4.69) is 5.32 Å². The maximum Gasteiger partial charge on any atom is 0.246 e. The molecule has 1 N–H and O–H groups in total. The summed E-state index contributed by atoms with van der Waals surface area (Å²) in [6, 6.07) is 6.24. The van der Waals surface area contributed by atoms with E-state index in [4.69, 9.17) is 39.5 Å². The number of halogens is 3. The molecule has 0 saturated carbocycles. The maximum absolute atomic E-state index is 11.8. The number of hydrogen-bond donors (Lipinski definition) is 1. The third-order valence-electron chi connectivity index (χ3n) is 2.45. The summed E-state index contributed by atoms with van der Waals surface area (Å²) in [7, 11) is 0. The summed E-state index contributed by atoms with van der Waals surface area (Å²) in [6.07, 6.45) is -0.124. The molecule has 1 rings (SSSR count). The predicted molar refractivity (Wildman–Crippen MR) is 84.1 cm³/mol. The van der Waals surface area contributed by atoms with Crippen molar-refractivity contribution in [2.45, 2.75) is 30.3 Å². The average Bonchev–Trinajstić information content (AvgIpc) is 2.36. The monoisotopic (exact) mass is 351 g/mol. The lowest BCUT2D eigenvalue weighted by Gasteiger charge is -2.26. The van der Waals surface area contributed by atoms with Gasteiger partial charge in [0.25, 0.3) is 0 Å². The molecule has 0 aliphatic carbocycles. The van der Waals surface area contributed by atoms with Gasteiger partial charge < -0.3 is 10.1 Å². The number of carbonyl (C=O) groups is 2. The van der Waals surface area contributed by atoms with Crippen LogP contribution in [0.15, 0.2) is 24.3 Å². The van der Waals surface area contributed by atoms with Gasteiger partial charge in [0.05, 0.1) is 0 Å². The van der Waals surface area contributed by atoms with Crippen LogP contribution < -0.4 is 10.1 Å². The fourth-order valence-electron chi connectivity index (χ4n) is 1.52. The molecule has 1 aromatic rings. The molecule has 1 atom stereocenters. The molecule has 1 amide bonds. The van der Waals surface area contributed by atoms with Gasteiger partial charge in [-0.2, -0.15) is 0 Å². The first kappa shape index (κ1) is 18.1. The Morgan fingerprint density at radius 3 is 2.29 bits per heavy atom. The summed E-state index contributed by atoms with van der Waals surface area (Å²) in [5, 5.41) is 2.54. The molecule has 1 unspecified atom stereocenters. The van der Waals surface area contributed by atoms with Gasteiger partial charge in [-0.1, -0.05) is 48.7 Å². The predicted octanol–water partition coefficient (Wildman–Crippen LogP) is 3.74. The lowest BCUT2D eigenvalue weighted by atomic mass is 10.1. The standard InChI is InChI=1S/C14H16Cl3NO3/c1-9(2)7-12(20)18-13(14(15,16)17)21-11-5-3-10(8-19)4-6-11/h3-6,8-9,13H,7H2,1-2H3,(H,18,20). The Balaban J connectivity index is 2.78. The largest absolute Gasteiger partial charge is 0.466 e. The van der Waals surface area contributed by atoms with E-state index in [-0.39, 0.29) is 11.8 Å². The van der Waals surface area contributed by atoms with Gasteiger partial charge in [0.15, 0.2) is 0 Å². The molecule has 7 heteroatoms. The third-order valence-corrected chi connectivity index (χ3v) is 3.05. The molecule has 0 spiro atoms. The molecule has 0 heterocycles. The minimum absolute atomic E-state index is 0.174. The summed E-state index contributed by atoms with van der Waals surface area (Å²) in [5.41, 5.74) is 0.497. The van der Waals surface area contributed by atoms with Crippen molar-refractivity contribution in [2.75, 3.05) is 0 Å². The molecule has 0 aliphatic rings. The summed E-state index contributed by atoms with van der Waals surface area (Å²) in [4.78, 5) is 22.4. The van der Waals surface area contributed by atoms with Crippen LogP contribution in [0.25, 0.3) is 0 Å². The van der Waals surface area contributed by atoms with Crippen LogP contribution in [-0.2, 0) is 4.79 Å². The zero-order valence-electron chi connectivity index (χ0n) is 11.6. The van der Waals surface area contributed by atoms with Gasteiger partial charge in [0, 0.05) is 12.0 Å². The quantitative estimate of drug-likeness (QED) is 0.482. The van der Waals surface area contributed by atoms with Crippen LogP contribution in [0.2, 0.25) is 0 Å². The highest BCUT2D eigenvalue weighted by atomic mass is 35.6. The second-order valence-electron chi connectivity index (χ2n) is 4.89. The molecule has 0 fully saturated rings. The Hall–Kier alpha value is -0.970. The van der Waals surface area contributed by atoms with E-state index in [0.29, 0.717) is 24.0 Å². The SMILES string of the molecule is CC(C)CC(=O)NC(Oc1ccc(C=O)cc1)C(Cl)(Cl)Cl. The number of amides is 1. The van der Waals surface area contributed by atoms with Gasteiger partial charge >= 0.3 is 0 Å². The number of hydrogen-bond acceptors (Lipinski definition) is 3. The van der Waals surface area contributed by atoms with E-state index < -0.39 is 10.0 Å². The zero-order chi connectivity index (χ0) is 16.0. The first-order chi connectivity index (χ1) is 9.72. The molecule has 1 aromatic carbocycles. The van der Waals surface area contributed by atoms with Crippen LogP contribution in [-0.4, -0.2) is 22.2 Å². The summed E-state index contributed by atoms with van der Waals surface area (Å²) < 4.78 is 3.66. The van der Waals surface area contributed by atoms with Crippen molar-refractivity contribution in [3.8, 4) is 5.75 Å².